The van der Waals surface area contributed by atoms with E-state index in [4.69, 9.17) is 5.73 Å². The van der Waals surface area contributed by atoms with Crippen molar-refractivity contribution in [3.05, 3.63) is 54.2 Å². The fourth-order valence-electron chi connectivity index (χ4n) is 2.82. The Kier molecular flexibility index (Phi) is 7.49. The molecular weight excluding hydrogens is 425 g/mol. The molecule has 25 heavy (non-hydrogen) atoms. The Labute approximate surface area is 166 Å². The zero-order valence-electron chi connectivity index (χ0n) is 14.6. The van der Waals surface area contributed by atoms with E-state index in [1.165, 1.54) is 12.8 Å². The van der Waals surface area contributed by atoms with Gasteiger partial charge in [-0.1, -0.05) is 31.2 Å². The van der Waals surface area contributed by atoms with Gasteiger partial charge >= 0.3 is 0 Å². The Hall–Kier alpha value is -1.83. The van der Waals surface area contributed by atoms with Crippen LogP contribution in [-0.2, 0) is 6.54 Å². The molecule has 1 aliphatic rings. The molecule has 0 aliphatic carbocycles. The Balaban J connectivity index is 0.00000225. The first kappa shape index (κ1) is 19.5. The molecule has 5 nitrogen and oxygen atoms in total. The van der Waals surface area contributed by atoms with Crippen LogP contribution in [0.3, 0.4) is 0 Å². The minimum Gasteiger partial charge on any atom is -0.370 e. The number of aliphatic imine (C=N–C) groups is 1. The summed E-state index contributed by atoms with van der Waals surface area (Å²) in [5.41, 5.74) is 7.92. The summed E-state index contributed by atoms with van der Waals surface area (Å²) in [7, 11) is 0. The lowest BCUT2D eigenvalue weighted by atomic mass is 9.99. The van der Waals surface area contributed by atoms with Crippen molar-refractivity contribution in [1.82, 2.24) is 4.98 Å². The Morgan fingerprint density at radius 3 is 2.56 bits per heavy atom. The minimum atomic E-state index is 0. The summed E-state index contributed by atoms with van der Waals surface area (Å²) in [5, 5.41) is 3.08. The van der Waals surface area contributed by atoms with Crippen LogP contribution < -0.4 is 16.0 Å². The second-order valence-electron chi connectivity index (χ2n) is 6.39. The molecule has 0 amide bonds. The molecule has 1 aromatic carbocycles. The van der Waals surface area contributed by atoms with E-state index in [-0.39, 0.29) is 24.0 Å². The van der Waals surface area contributed by atoms with Gasteiger partial charge in [-0.15, -0.1) is 24.0 Å². The van der Waals surface area contributed by atoms with E-state index in [1.807, 2.05) is 36.5 Å². The van der Waals surface area contributed by atoms with Gasteiger partial charge in [0, 0.05) is 25.0 Å². The normalized spacial score (nSPS) is 15.6. The number of pyridine rings is 1. The van der Waals surface area contributed by atoms with Crippen LogP contribution in [0.25, 0.3) is 0 Å². The maximum absolute atomic E-state index is 5.92. The van der Waals surface area contributed by atoms with Gasteiger partial charge in [-0.3, -0.25) is 0 Å². The van der Waals surface area contributed by atoms with E-state index in [2.05, 4.69) is 39.2 Å². The molecule has 0 atom stereocenters. The number of benzene rings is 1. The highest BCUT2D eigenvalue weighted by Gasteiger charge is 2.16. The SMILES string of the molecule is CC1CCN(c2ccc(CN=C(N)Nc3ccccc3)cn2)CC1.I. The first-order valence-electron chi connectivity index (χ1n) is 8.52. The van der Waals surface area contributed by atoms with Gasteiger partial charge in [0.2, 0.25) is 0 Å². The molecule has 1 aromatic heterocycles. The number of anilines is 2. The summed E-state index contributed by atoms with van der Waals surface area (Å²) in [6, 6.07) is 14.0. The average molecular weight is 451 g/mol. The number of hydrogen-bond donors (Lipinski definition) is 2. The largest absolute Gasteiger partial charge is 0.370 e. The van der Waals surface area contributed by atoms with E-state index >= 15 is 0 Å². The predicted molar refractivity (Wildman–Crippen MR) is 116 cm³/mol. The summed E-state index contributed by atoms with van der Waals surface area (Å²) < 4.78 is 0. The van der Waals surface area contributed by atoms with Crippen LogP contribution in [0.5, 0.6) is 0 Å². The number of aromatic nitrogens is 1. The number of guanidine groups is 1. The molecule has 0 radical (unpaired) electrons. The molecule has 1 fully saturated rings. The predicted octanol–water partition coefficient (Wildman–Crippen LogP) is 3.86. The van der Waals surface area contributed by atoms with Crippen LogP contribution >= 0.6 is 24.0 Å². The van der Waals surface area contributed by atoms with E-state index in [9.17, 15) is 0 Å². The van der Waals surface area contributed by atoms with Gasteiger partial charge in [-0.25, -0.2) is 9.98 Å². The van der Waals surface area contributed by atoms with Crippen molar-refractivity contribution >= 4 is 41.4 Å². The molecule has 3 rings (SSSR count). The van der Waals surface area contributed by atoms with Gasteiger partial charge in [0.1, 0.15) is 5.82 Å². The highest BCUT2D eigenvalue weighted by Crippen LogP contribution is 2.21. The van der Waals surface area contributed by atoms with Crippen molar-refractivity contribution in [2.45, 2.75) is 26.3 Å². The molecule has 1 aliphatic heterocycles. The summed E-state index contributed by atoms with van der Waals surface area (Å²) in [6.07, 6.45) is 4.39. The highest BCUT2D eigenvalue weighted by atomic mass is 127. The molecule has 134 valence electrons. The van der Waals surface area contributed by atoms with Gasteiger partial charge < -0.3 is 16.0 Å². The smallest absolute Gasteiger partial charge is 0.193 e. The molecule has 2 heterocycles. The summed E-state index contributed by atoms with van der Waals surface area (Å²) >= 11 is 0. The summed E-state index contributed by atoms with van der Waals surface area (Å²) in [6.45, 7) is 5.04. The maximum Gasteiger partial charge on any atom is 0.193 e. The van der Waals surface area contributed by atoms with Gasteiger partial charge in [0.15, 0.2) is 5.96 Å². The van der Waals surface area contributed by atoms with E-state index in [0.29, 0.717) is 12.5 Å². The van der Waals surface area contributed by atoms with Gasteiger partial charge in [0.25, 0.3) is 0 Å². The van der Waals surface area contributed by atoms with Crippen LogP contribution in [0.2, 0.25) is 0 Å². The highest BCUT2D eigenvalue weighted by molar-refractivity contribution is 14.0. The fraction of sp³-hybridized carbons (Fsp3) is 0.368. The van der Waals surface area contributed by atoms with Crippen LogP contribution in [-0.4, -0.2) is 24.0 Å². The van der Waals surface area contributed by atoms with Crippen LogP contribution in [0.1, 0.15) is 25.3 Å². The lowest BCUT2D eigenvalue weighted by Gasteiger charge is -2.31. The standard InChI is InChI=1S/C19H25N5.HI/c1-15-9-11-24(12-10-15)18-8-7-16(13-21-18)14-22-19(20)23-17-5-3-2-4-6-17;/h2-8,13,15H,9-12,14H2,1H3,(H3,20,22,23);1H. The molecular formula is C19H26IN5. The van der Waals surface area contributed by atoms with Crippen molar-refractivity contribution in [3.8, 4) is 0 Å². The quantitative estimate of drug-likeness (QED) is 0.421. The van der Waals surface area contributed by atoms with Crippen LogP contribution in [0.15, 0.2) is 53.7 Å². The Morgan fingerprint density at radius 1 is 1.20 bits per heavy atom. The fourth-order valence-corrected chi connectivity index (χ4v) is 2.82. The third-order valence-corrected chi connectivity index (χ3v) is 4.39. The van der Waals surface area contributed by atoms with Gasteiger partial charge in [-0.2, -0.15) is 0 Å². The second-order valence-corrected chi connectivity index (χ2v) is 6.39. The van der Waals surface area contributed by atoms with E-state index in [1.54, 1.807) is 0 Å². The number of nitrogens with zero attached hydrogens (tertiary/aromatic N) is 3. The Morgan fingerprint density at radius 2 is 1.92 bits per heavy atom. The monoisotopic (exact) mass is 451 g/mol. The number of nitrogens with two attached hydrogens (primary N) is 1. The minimum absolute atomic E-state index is 0. The zero-order chi connectivity index (χ0) is 16.8. The first-order chi connectivity index (χ1) is 11.7. The number of rotatable bonds is 4. The topological polar surface area (TPSA) is 66.5 Å². The number of hydrogen-bond acceptors (Lipinski definition) is 3. The van der Waals surface area contributed by atoms with Gasteiger partial charge in [-0.05, 0) is 42.5 Å². The third-order valence-electron chi connectivity index (χ3n) is 4.39. The molecule has 0 spiro atoms. The summed E-state index contributed by atoms with van der Waals surface area (Å²) in [5.74, 6) is 2.30. The summed E-state index contributed by atoms with van der Waals surface area (Å²) in [4.78, 5) is 11.3. The van der Waals surface area contributed by atoms with Crippen molar-refractivity contribution in [2.24, 2.45) is 16.6 Å². The lowest BCUT2D eigenvalue weighted by Crippen LogP contribution is -2.33. The van der Waals surface area contributed by atoms with Crippen molar-refractivity contribution in [2.75, 3.05) is 23.3 Å². The van der Waals surface area contributed by atoms with Crippen molar-refractivity contribution in [1.29, 1.82) is 0 Å². The van der Waals surface area contributed by atoms with E-state index < -0.39 is 0 Å². The number of piperidine rings is 1. The average Bonchev–Trinajstić information content (AvgIpc) is 2.62. The Bertz CT molecular complexity index is 664. The van der Waals surface area contributed by atoms with Crippen molar-refractivity contribution in [3.63, 3.8) is 0 Å². The van der Waals surface area contributed by atoms with Crippen molar-refractivity contribution < 1.29 is 0 Å². The molecule has 1 saturated heterocycles. The molecule has 3 N–H and O–H groups in total. The van der Waals surface area contributed by atoms with E-state index in [0.717, 1.165) is 36.1 Å². The third kappa shape index (κ3) is 5.88. The number of nitrogens with one attached hydrogen (secondary N) is 1. The zero-order valence-corrected chi connectivity index (χ0v) is 16.9. The molecule has 0 saturated carbocycles. The maximum atomic E-state index is 5.92. The van der Waals surface area contributed by atoms with Crippen LogP contribution in [0.4, 0.5) is 11.5 Å². The number of halogens is 1. The first-order valence-corrected chi connectivity index (χ1v) is 8.52. The molecule has 0 bridgehead atoms. The van der Waals surface area contributed by atoms with Gasteiger partial charge in [0.05, 0.1) is 6.54 Å². The second kappa shape index (κ2) is 9.60. The molecule has 2 aromatic rings. The molecule has 6 heteroatoms. The lowest BCUT2D eigenvalue weighted by molar-refractivity contribution is 0.436. The number of para-hydroxylation sites is 1. The molecule has 0 unspecified atom stereocenters. The van der Waals surface area contributed by atoms with Crippen LogP contribution in [0, 0.1) is 5.92 Å².